The highest BCUT2D eigenvalue weighted by Crippen LogP contribution is 2.44. The average molecular weight is 467 g/mol. The molecule has 0 unspecified atom stereocenters. The highest BCUT2D eigenvalue weighted by atomic mass is 16.5. The standard InChI is InChI=1S/C26H30N2O6/c1-17(14-23(29)30)28-24(31)26(10-12-33-13-11-26)16-27-25(32)34-15-22-20-8-4-2-6-18(20)19-7-3-5-9-21(19)22/h2-9,17,22H,10-16H2,1H3,(H,27,32)(H,28,31)(H,29,30)/t17-/m0/s1. The molecular formula is C26H30N2O6. The number of nitrogens with one attached hydrogen (secondary N) is 2. The summed E-state index contributed by atoms with van der Waals surface area (Å²) in [6.07, 6.45) is 0.113. The maximum Gasteiger partial charge on any atom is 0.407 e. The Morgan fingerprint density at radius 1 is 1.06 bits per heavy atom. The van der Waals surface area contributed by atoms with Gasteiger partial charge in [-0.1, -0.05) is 48.5 Å². The Labute approximate surface area is 198 Å². The van der Waals surface area contributed by atoms with Crippen molar-refractivity contribution >= 4 is 18.0 Å². The molecule has 0 spiro atoms. The molecule has 8 heteroatoms. The summed E-state index contributed by atoms with van der Waals surface area (Å²) in [5, 5.41) is 14.5. The van der Waals surface area contributed by atoms with E-state index in [4.69, 9.17) is 14.6 Å². The number of carboxylic acids is 1. The van der Waals surface area contributed by atoms with Crippen LogP contribution in [-0.2, 0) is 19.1 Å². The predicted octanol–water partition coefficient (Wildman–Crippen LogP) is 3.30. The lowest BCUT2D eigenvalue weighted by Crippen LogP contribution is -2.53. The molecule has 0 radical (unpaired) electrons. The van der Waals surface area contributed by atoms with Gasteiger partial charge >= 0.3 is 12.1 Å². The minimum absolute atomic E-state index is 0.0460. The van der Waals surface area contributed by atoms with E-state index in [0.29, 0.717) is 26.1 Å². The van der Waals surface area contributed by atoms with Crippen molar-refractivity contribution in [3.05, 3.63) is 59.7 Å². The molecule has 1 atom stereocenters. The van der Waals surface area contributed by atoms with Crippen LogP contribution in [0.25, 0.3) is 11.1 Å². The Morgan fingerprint density at radius 2 is 1.65 bits per heavy atom. The van der Waals surface area contributed by atoms with Crippen LogP contribution in [0.4, 0.5) is 4.79 Å². The van der Waals surface area contributed by atoms with Crippen molar-refractivity contribution in [1.82, 2.24) is 10.6 Å². The van der Waals surface area contributed by atoms with Crippen LogP contribution in [-0.4, -0.2) is 55.5 Å². The lowest BCUT2D eigenvalue weighted by atomic mass is 9.79. The maximum absolute atomic E-state index is 13.0. The number of aliphatic carboxylic acids is 1. The number of carbonyl (C=O) groups is 3. The summed E-state index contributed by atoms with van der Waals surface area (Å²) >= 11 is 0. The Balaban J connectivity index is 1.38. The molecule has 1 heterocycles. The zero-order valence-corrected chi connectivity index (χ0v) is 19.2. The second-order valence-electron chi connectivity index (χ2n) is 9.04. The number of ether oxygens (including phenoxy) is 2. The fraction of sp³-hybridized carbons (Fsp3) is 0.423. The van der Waals surface area contributed by atoms with E-state index >= 15 is 0 Å². The maximum atomic E-state index is 13.0. The zero-order valence-electron chi connectivity index (χ0n) is 19.2. The fourth-order valence-electron chi connectivity index (χ4n) is 4.83. The molecule has 2 aromatic carbocycles. The van der Waals surface area contributed by atoms with Gasteiger partial charge in [-0.05, 0) is 42.0 Å². The lowest BCUT2D eigenvalue weighted by molar-refractivity contribution is -0.139. The van der Waals surface area contributed by atoms with E-state index in [1.54, 1.807) is 6.92 Å². The third kappa shape index (κ3) is 5.07. The monoisotopic (exact) mass is 466 g/mol. The van der Waals surface area contributed by atoms with E-state index in [1.807, 2.05) is 24.3 Å². The highest BCUT2D eigenvalue weighted by molar-refractivity contribution is 5.84. The number of hydrogen-bond acceptors (Lipinski definition) is 5. The van der Waals surface area contributed by atoms with Gasteiger partial charge in [0, 0.05) is 31.7 Å². The van der Waals surface area contributed by atoms with E-state index in [9.17, 15) is 14.4 Å². The number of amides is 2. The van der Waals surface area contributed by atoms with Gasteiger partial charge in [-0.3, -0.25) is 9.59 Å². The molecule has 8 nitrogen and oxygen atoms in total. The van der Waals surface area contributed by atoms with Crippen LogP contribution in [0.5, 0.6) is 0 Å². The van der Waals surface area contributed by atoms with Crippen LogP contribution in [0.3, 0.4) is 0 Å². The summed E-state index contributed by atoms with van der Waals surface area (Å²) in [6, 6.07) is 15.7. The van der Waals surface area contributed by atoms with Gasteiger partial charge < -0.3 is 25.2 Å². The second-order valence-corrected chi connectivity index (χ2v) is 9.04. The molecule has 1 saturated heterocycles. The first-order valence-electron chi connectivity index (χ1n) is 11.6. The van der Waals surface area contributed by atoms with Gasteiger partial charge in [0.15, 0.2) is 0 Å². The molecule has 0 aromatic heterocycles. The largest absolute Gasteiger partial charge is 0.481 e. The van der Waals surface area contributed by atoms with Crippen molar-refractivity contribution in [3.8, 4) is 11.1 Å². The molecule has 2 amide bonds. The molecular weight excluding hydrogens is 436 g/mol. The number of hydrogen-bond donors (Lipinski definition) is 3. The van der Waals surface area contributed by atoms with Gasteiger partial charge in [0.25, 0.3) is 0 Å². The number of rotatable bonds is 8. The van der Waals surface area contributed by atoms with E-state index in [-0.39, 0.29) is 31.4 Å². The third-order valence-corrected chi connectivity index (χ3v) is 6.70. The molecule has 1 aliphatic carbocycles. The van der Waals surface area contributed by atoms with Crippen molar-refractivity contribution in [2.24, 2.45) is 5.41 Å². The second kappa shape index (κ2) is 10.3. The number of carbonyl (C=O) groups excluding carboxylic acids is 2. The summed E-state index contributed by atoms with van der Waals surface area (Å²) in [4.78, 5) is 36.6. The first-order valence-corrected chi connectivity index (χ1v) is 11.6. The van der Waals surface area contributed by atoms with Gasteiger partial charge in [0.1, 0.15) is 6.61 Å². The average Bonchev–Trinajstić information content (AvgIpc) is 3.15. The predicted molar refractivity (Wildman–Crippen MR) is 125 cm³/mol. The van der Waals surface area contributed by atoms with Gasteiger partial charge in [0.05, 0.1) is 11.8 Å². The Bertz CT molecular complexity index is 1020. The molecule has 34 heavy (non-hydrogen) atoms. The van der Waals surface area contributed by atoms with Crippen LogP contribution < -0.4 is 10.6 Å². The van der Waals surface area contributed by atoms with E-state index < -0.39 is 23.5 Å². The fourth-order valence-corrected chi connectivity index (χ4v) is 4.83. The summed E-state index contributed by atoms with van der Waals surface area (Å²) in [5.41, 5.74) is 3.70. The van der Waals surface area contributed by atoms with Gasteiger partial charge in [-0.15, -0.1) is 0 Å². The highest BCUT2D eigenvalue weighted by Gasteiger charge is 2.41. The Morgan fingerprint density at radius 3 is 2.24 bits per heavy atom. The number of benzene rings is 2. The number of fused-ring (bicyclic) bond motifs is 3. The van der Waals surface area contributed by atoms with Crippen LogP contribution >= 0.6 is 0 Å². The van der Waals surface area contributed by atoms with Crippen molar-refractivity contribution in [1.29, 1.82) is 0 Å². The first kappa shape index (κ1) is 23.8. The molecule has 180 valence electrons. The zero-order chi connectivity index (χ0) is 24.1. The van der Waals surface area contributed by atoms with Crippen molar-refractivity contribution < 1.29 is 29.0 Å². The van der Waals surface area contributed by atoms with Crippen LogP contribution in [0, 0.1) is 5.41 Å². The SMILES string of the molecule is C[C@@H](CC(=O)O)NC(=O)C1(CNC(=O)OCC2c3ccccc3-c3ccccc32)CCOCC1. The molecule has 2 aliphatic rings. The Hall–Kier alpha value is -3.39. The van der Waals surface area contributed by atoms with E-state index in [1.165, 1.54) is 0 Å². The molecule has 1 aliphatic heterocycles. The topological polar surface area (TPSA) is 114 Å². The Kier molecular flexibility index (Phi) is 7.17. The smallest absolute Gasteiger partial charge is 0.407 e. The minimum Gasteiger partial charge on any atom is -0.481 e. The summed E-state index contributed by atoms with van der Waals surface area (Å²) < 4.78 is 11.0. The third-order valence-electron chi connectivity index (χ3n) is 6.70. The van der Waals surface area contributed by atoms with E-state index in [2.05, 4.69) is 34.9 Å². The number of carboxylic acid groups (broad SMARTS) is 1. The quantitative estimate of drug-likeness (QED) is 0.550. The van der Waals surface area contributed by atoms with Gasteiger partial charge in [-0.2, -0.15) is 0 Å². The molecule has 1 fully saturated rings. The molecule has 0 bridgehead atoms. The minimum atomic E-state index is -0.981. The van der Waals surface area contributed by atoms with Crippen LogP contribution in [0.2, 0.25) is 0 Å². The van der Waals surface area contributed by atoms with Gasteiger partial charge in [-0.25, -0.2) is 4.79 Å². The van der Waals surface area contributed by atoms with Crippen LogP contribution in [0.1, 0.15) is 43.2 Å². The van der Waals surface area contributed by atoms with E-state index in [0.717, 1.165) is 22.3 Å². The molecule has 2 aromatic rings. The molecule has 0 saturated carbocycles. The van der Waals surface area contributed by atoms with Crippen molar-refractivity contribution in [3.63, 3.8) is 0 Å². The summed E-state index contributed by atoms with van der Waals surface area (Å²) in [5.74, 6) is -1.30. The van der Waals surface area contributed by atoms with Crippen LogP contribution in [0.15, 0.2) is 48.5 Å². The first-order chi connectivity index (χ1) is 16.4. The summed E-state index contributed by atoms with van der Waals surface area (Å²) in [7, 11) is 0. The van der Waals surface area contributed by atoms with Crippen molar-refractivity contribution in [2.45, 2.75) is 38.1 Å². The normalized spacial score (nSPS) is 17.2. The molecule has 3 N–H and O–H groups in total. The van der Waals surface area contributed by atoms with Crippen molar-refractivity contribution in [2.75, 3.05) is 26.4 Å². The molecule has 4 rings (SSSR count). The summed E-state index contributed by atoms with van der Waals surface area (Å²) in [6.45, 7) is 2.73. The van der Waals surface area contributed by atoms with Gasteiger partial charge in [0.2, 0.25) is 5.91 Å². The lowest BCUT2D eigenvalue weighted by Gasteiger charge is -2.36. The number of alkyl carbamates (subject to hydrolysis) is 1.